The molecule has 5 rings (SSSR count). The summed E-state index contributed by atoms with van der Waals surface area (Å²) in [5.74, 6) is 0.526. The highest BCUT2D eigenvalue weighted by atomic mass is 19.4. The molecular formula is C20H18F3N7. The number of para-hydroxylation sites is 2. The van der Waals surface area contributed by atoms with Crippen LogP contribution in [0.5, 0.6) is 0 Å². The van der Waals surface area contributed by atoms with E-state index in [0.717, 1.165) is 16.9 Å². The summed E-state index contributed by atoms with van der Waals surface area (Å²) in [6.45, 7) is 3.35. The normalized spacial score (nSPS) is 18.9. The Morgan fingerprint density at radius 1 is 1.00 bits per heavy atom. The molecule has 1 aliphatic rings. The molecule has 2 atom stereocenters. The van der Waals surface area contributed by atoms with Crippen LogP contribution in [0, 0.1) is 13.8 Å². The second kappa shape index (κ2) is 6.35. The number of nitrogens with zero attached hydrogens (tertiary/aromatic N) is 7. The monoisotopic (exact) mass is 413 g/mol. The van der Waals surface area contributed by atoms with E-state index in [1.165, 1.54) is 4.68 Å². The molecular weight excluding hydrogens is 395 g/mol. The van der Waals surface area contributed by atoms with Gasteiger partial charge in [-0.15, -0.1) is 5.10 Å². The van der Waals surface area contributed by atoms with Gasteiger partial charge in [0.15, 0.2) is 5.82 Å². The Hall–Kier alpha value is -3.30. The minimum absolute atomic E-state index is 0.00446. The Labute approximate surface area is 169 Å². The molecule has 1 saturated carbocycles. The zero-order valence-corrected chi connectivity index (χ0v) is 16.5. The molecule has 1 fully saturated rings. The number of alkyl halides is 3. The molecule has 0 unspecified atom stereocenters. The van der Waals surface area contributed by atoms with Crippen molar-refractivity contribution in [1.82, 2.24) is 34.3 Å². The van der Waals surface area contributed by atoms with Gasteiger partial charge in [0.2, 0.25) is 5.82 Å². The lowest BCUT2D eigenvalue weighted by Crippen LogP contribution is -2.16. The highest BCUT2D eigenvalue weighted by Gasteiger charge is 2.45. The van der Waals surface area contributed by atoms with E-state index in [1.54, 1.807) is 19.9 Å². The van der Waals surface area contributed by atoms with Crippen molar-refractivity contribution in [1.29, 1.82) is 0 Å². The van der Waals surface area contributed by atoms with Crippen LogP contribution in [0.4, 0.5) is 13.2 Å². The van der Waals surface area contributed by atoms with Crippen molar-refractivity contribution >= 4 is 11.0 Å². The summed E-state index contributed by atoms with van der Waals surface area (Å²) in [7, 11) is 1.92. The number of hydrogen-bond acceptors (Lipinski definition) is 5. The van der Waals surface area contributed by atoms with Crippen LogP contribution in [0.3, 0.4) is 0 Å². The van der Waals surface area contributed by atoms with Crippen molar-refractivity contribution in [2.24, 2.45) is 7.05 Å². The molecule has 4 aromatic rings. The zero-order valence-electron chi connectivity index (χ0n) is 16.5. The summed E-state index contributed by atoms with van der Waals surface area (Å²) in [6.07, 6.45) is -3.98. The third kappa shape index (κ3) is 3.03. The van der Waals surface area contributed by atoms with E-state index in [0.29, 0.717) is 23.8 Å². The Morgan fingerprint density at radius 2 is 1.77 bits per heavy atom. The van der Waals surface area contributed by atoms with Crippen molar-refractivity contribution in [3.8, 4) is 5.82 Å². The number of rotatable bonds is 3. The lowest BCUT2D eigenvalue weighted by atomic mass is 10.2. The summed E-state index contributed by atoms with van der Waals surface area (Å²) in [5.41, 5.74) is 2.21. The predicted molar refractivity (Wildman–Crippen MR) is 102 cm³/mol. The first-order valence-electron chi connectivity index (χ1n) is 9.50. The molecule has 0 spiro atoms. The van der Waals surface area contributed by atoms with Crippen LogP contribution in [0.15, 0.2) is 30.3 Å². The molecule has 0 amide bonds. The third-order valence-electron chi connectivity index (χ3n) is 5.40. The number of benzene rings is 1. The van der Waals surface area contributed by atoms with E-state index < -0.39 is 12.0 Å². The fourth-order valence-electron chi connectivity index (χ4n) is 3.92. The van der Waals surface area contributed by atoms with Crippen LogP contribution in [0.1, 0.15) is 47.2 Å². The summed E-state index contributed by atoms with van der Waals surface area (Å²) in [5, 5.41) is 4.18. The lowest BCUT2D eigenvalue weighted by molar-refractivity contribution is -0.145. The minimum atomic E-state index is -4.66. The van der Waals surface area contributed by atoms with E-state index in [9.17, 15) is 13.2 Å². The highest BCUT2D eigenvalue weighted by Crippen LogP contribution is 2.54. The number of halogens is 3. The van der Waals surface area contributed by atoms with Gasteiger partial charge in [-0.1, -0.05) is 12.1 Å². The maximum absolute atomic E-state index is 13.5. The smallest absolute Gasteiger partial charge is 0.331 e. The molecule has 1 aliphatic carbocycles. The van der Waals surface area contributed by atoms with E-state index in [4.69, 9.17) is 0 Å². The summed E-state index contributed by atoms with van der Waals surface area (Å²) in [4.78, 5) is 16.4. The summed E-state index contributed by atoms with van der Waals surface area (Å²) in [6, 6.07) is 9.33. The molecule has 30 heavy (non-hydrogen) atoms. The first kappa shape index (κ1) is 18.7. The fourth-order valence-corrected chi connectivity index (χ4v) is 3.92. The molecule has 3 heterocycles. The quantitative estimate of drug-likeness (QED) is 0.510. The van der Waals surface area contributed by atoms with Gasteiger partial charge in [0, 0.05) is 24.9 Å². The highest BCUT2D eigenvalue weighted by molar-refractivity contribution is 5.76. The molecule has 1 aromatic carbocycles. The van der Waals surface area contributed by atoms with Gasteiger partial charge in [-0.3, -0.25) is 0 Å². The van der Waals surface area contributed by atoms with Crippen LogP contribution in [-0.4, -0.2) is 34.3 Å². The van der Waals surface area contributed by atoms with Crippen LogP contribution < -0.4 is 0 Å². The average molecular weight is 413 g/mol. The number of fused-ring (bicyclic) bond motifs is 1. The van der Waals surface area contributed by atoms with Crippen molar-refractivity contribution in [2.75, 3.05) is 0 Å². The molecule has 7 nitrogen and oxygen atoms in total. The maximum atomic E-state index is 13.5. The lowest BCUT2D eigenvalue weighted by Gasteiger charge is -2.11. The first-order chi connectivity index (χ1) is 14.2. The van der Waals surface area contributed by atoms with Crippen LogP contribution in [0.2, 0.25) is 0 Å². The Bertz CT molecular complexity index is 1270. The maximum Gasteiger partial charge on any atom is 0.451 e. The van der Waals surface area contributed by atoms with Crippen LogP contribution in [-0.2, 0) is 13.2 Å². The van der Waals surface area contributed by atoms with E-state index in [2.05, 4.69) is 25.0 Å². The van der Waals surface area contributed by atoms with Gasteiger partial charge in [-0.2, -0.15) is 17.9 Å². The fraction of sp³-hybridized carbons (Fsp3) is 0.350. The van der Waals surface area contributed by atoms with Gasteiger partial charge in [-0.25, -0.2) is 19.9 Å². The van der Waals surface area contributed by atoms with E-state index >= 15 is 0 Å². The third-order valence-corrected chi connectivity index (χ3v) is 5.40. The molecule has 3 aromatic heterocycles. The van der Waals surface area contributed by atoms with Gasteiger partial charge in [0.05, 0.1) is 16.7 Å². The molecule has 0 saturated heterocycles. The first-order valence-corrected chi connectivity index (χ1v) is 9.50. The van der Waals surface area contributed by atoms with Gasteiger partial charge in [0.25, 0.3) is 0 Å². The standard InChI is InChI=1S/C20H18F3N7/c1-10-24-11(2)30(28-10)17-9-15(26-19(27-17)20(21,22)23)12-8-13(12)18-25-14-6-4-5-7-16(14)29(18)3/h4-7,9,12-13H,8H2,1-3H3/t12-,13-/m1/s1. The largest absolute Gasteiger partial charge is 0.451 e. The minimum Gasteiger partial charge on any atom is -0.331 e. The van der Waals surface area contributed by atoms with Gasteiger partial charge >= 0.3 is 6.18 Å². The number of imidazole rings is 1. The molecule has 0 radical (unpaired) electrons. The van der Waals surface area contributed by atoms with Gasteiger partial charge in [-0.05, 0) is 32.4 Å². The number of hydrogen-bond donors (Lipinski definition) is 0. The number of aryl methyl sites for hydroxylation is 3. The Balaban J connectivity index is 1.56. The van der Waals surface area contributed by atoms with Crippen LogP contribution >= 0.6 is 0 Å². The van der Waals surface area contributed by atoms with Gasteiger partial charge in [0.1, 0.15) is 17.5 Å². The molecule has 0 bridgehead atoms. The van der Waals surface area contributed by atoms with Crippen molar-refractivity contribution in [3.63, 3.8) is 0 Å². The van der Waals surface area contributed by atoms with Crippen molar-refractivity contribution in [3.05, 3.63) is 59.3 Å². The average Bonchev–Trinajstić information content (AvgIpc) is 3.32. The number of aromatic nitrogens is 7. The molecule has 0 N–H and O–H groups in total. The molecule has 10 heteroatoms. The second-order valence-electron chi connectivity index (χ2n) is 7.56. The molecule has 0 aliphatic heterocycles. The Kier molecular flexibility index (Phi) is 3.96. The zero-order chi connectivity index (χ0) is 21.2. The Morgan fingerprint density at radius 3 is 2.43 bits per heavy atom. The second-order valence-corrected chi connectivity index (χ2v) is 7.56. The van der Waals surface area contributed by atoms with E-state index in [1.807, 2.05) is 35.9 Å². The topological polar surface area (TPSA) is 74.3 Å². The van der Waals surface area contributed by atoms with Crippen LogP contribution in [0.25, 0.3) is 16.9 Å². The van der Waals surface area contributed by atoms with Crippen molar-refractivity contribution in [2.45, 2.75) is 38.3 Å². The van der Waals surface area contributed by atoms with Crippen molar-refractivity contribution < 1.29 is 13.2 Å². The predicted octanol–water partition coefficient (Wildman–Crippen LogP) is 3.85. The van der Waals surface area contributed by atoms with E-state index in [-0.39, 0.29) is 17.7 Å². The summed E-state index contributed by atoms with van der Waals surface area (Å²) >= 11 is 0. The summed E-state index contributed by atoms with van der Waals surface area (Å²) < 4.78 is 43.8. The SMILES string of the molecule is Cc1nc(C)n(-c2cc([C@@H]3C[C@H]3c3nc4ccccc4n3C)nc(C(F)(F)F)n2)n1. The van der Waals surface area contributed by atoms with Gasteiger partial charge < -0.3 is 4.57 Å². The molecule has 154 valence electrons.